The number of hydrogen-bond donors (Lipinski definition) is 2. The molecule has 1 fully saturated rings. The normalized spacial score (nSPS) is 24.3. The van der Waals surface area contributed by atoms with Crippen molar-refractivity contribution in [1.29, 1.82) is 0 Å². The van der Waals surface area contributed by atoms with Gasteiger partial charge < -0.3 is 15.2 Å². The number of nitrogens with one attached hydrogen (secondary N) is 1. The van der Waals surface area contributed by atoms with Crippen LogP contribution in [0.15, 0.2) is 41.4 Å². The van der Waals surface area contributed by atoms with Gasteiger partial charge in [-0.3, -0.25) is 14.6 Å². The van der Waals surface area contributed by atoms with E-state index in [-0.39, 0.29) is 34.6 Å². The topological polar surface area (TPSA) is 88.0 Å². The molecule has 232 valence electrons. The first kappa shape index (κ1) is 30.4. The van der Waals surface area contributed by atoms with Gasteiger partial charge in [0.1, 0.15) is 17.3 Å². The Morgan fingerprint density at radius 2 is 1.66 bits per heavy atom. The van der Waals surface area contributed by atoms with Crippen molar-refractivity contribution < 1.29 is 19.4 Å². The quantitative estimate of drug-likeness (QED) is 0.361. The molecule has 4 aliphatic rings. The first-order valence-corrected chi connectivity index (χ1v) is 16.3. The summed E-state index contributed by atoms with van der Waals surface area (Å²) in [7, 11) is 0. The molecule has 6 heteroatoms. The summed E-state index contributed by atoms with van der Waals surface area (Å²) in [5.74, 6) is -0.331. The lowest BCUT2D eigenvalue weighted by atomic mass is 9.66. The van der Waals surface area contributed by atoms with Crippen molar-refractivity contribution >= 4 is 34.2 Å². The second kappa shape index (κ2) is 10.7. The van der Waals surface area contributed by atoms with Gasteiger partial charge in [0.25, 0.3) is 0 Å². The number of rotatable bonds is 6. The van der Waals surface area contributed by atoms with Gasteiger partial charge in [-0.1, -0.05) is 39.8 Å². The Morgan fingerprint density at radius 3 is 2.32 bits per heavy atom. The van der Waals surface area contributed by atoms with Crippen LogP contribution in [-0.2, 0) is 9.59 Å². The minimum Gasteiger partial charge on any atom is -0.481 e. The average Bonchev–Trinajstić information content (AvgIpc) is 2.95. The van der Waals surface area contributed by atoms with E-state index >= 15 is 0 Å². The molecule has 3 heterocycles. The van der Waals surface area contributed by atoms with E-state index in [0.29, 0.717) is 25.0 Å². The van der Waals surface area contributed by atoms with E-state index in [4.69, 9.17) is 9.73 Å². The highest BCUT2D eigenvalue weighted by molar-refractivity contribution is 5.90. The molecular weight excluding hydrogens is 548 g/mol. The van der Waals surface area contributed by atoms with Crippen LogP contribution in [-0.4, -0.2) is 27.9 Å². The number of carbonyl (C=O) groups is 2. The number of allylic oxidation sites excluding steroid dienone is 2. The molecule has 0 bridgehead atoms. The maximum absolute atomic E-state index is 13.3. The summed E-state index contributed by atoms with van der Waals surface area (Å²) in [6.07, 6.45) is 7.88. The summed E-state index contributed by atoms with van der Waals surface area (Å²) >= 11 is 0. The number of ketones is 1. The highest BCUT2D eigenvalue weighted by Gasteiger charge is 2.42. The molecule has 6 nitrogen and oxygen atoms in total. The monoisotopic (exact) mass is 594 g/mol. The lowest BCUT2D eigenvalue weighted by Gasteiger charge is -2.38. The van der Waals surface area contributed by atoms with Crippen molar-refractivity contribution in [3.05, 3.63) is 63.7 Å². The smallest absolute Gasteiger partial charge is 0.307 e. The van der Waals surface area contributed by atoms with Gasteiger partial charge in [0.05, 0.1) is 22.4 Å². The molecule has 3 unspecified atom stereocenters. The SMILES string of the molecule is CCC1=CC(C)(C)Nc2cc3c(cc21)C(C1CC(C(=O)C(C)C)CCC1C(=O)O)=c1cc2c(cc1O3)=NC(C)(C)C=C2CC. The van der Waals surface area contributed by atoms with Crippen LogP contribution >= 0.6 is 0 Å². The molecule has 0 saturated heterocycles. The molecular formula is C38H46N2O4. The average molecular weight is 595 g/mol. The molecule has 44 heavy (non-hydrogen) atoms. The molecule has 2 aromatic rings. The van der Waals surface area contributed by atoms with Crippen molar-refractivity contribution in [3.8, 4) is 11.5 Å². The van der Waals surface area contributed by atoms with Crippen molar-refractivity contribution in [2.75, 3.05) is 5.32 Å². The first-order chi connectivity index (χ1) is 20.7. The van der Waals surface area contributed by atoms with Gasteiger partial charge in [-0.05, 0) is 94.6 Å². The number of carbonyl (C=O) groups excluding carboxylic acids is 1. The van der Waals surface area contributed by atoms with E-state index in [0.717, 1.165) is 57.1 Å². The second-order valence-corrected chi connectivity index (χ2v) is 14.6. The zero-order valence-corrected chi connectivity index (χ0v) is 27.4. The van der Waals surface area contributed by atoms with Crippen LogP contribution in [0, 0.1) is 23.7 Å². The number of carboxylic acids is 1. The summed E-state index contributed by atoms with van der Waals surface area (Å²) in [6.45, 7) is 16.8. The van der Waals surface area contributed by atoms with Gasteiger partial charge in [-0.15, -0.1) is 0 Å². The fourth-order valence-electron chi connectivity index (χ4n) is 7.96. The number of ether oxygens (including phenoxy) is 1. The Bertz CT molecular complexity index is 1760. The molecule has 2 aromatic carbocycles. The fraction of sp³-hybridized carbons (Fsp3) is 0.500. The minimum atomic E-state index is -0.799. The van der Waals surface area contributed by atoms with E-state index in [1.807, 2.05) is 19.9 Å². The summed E-state index contributed by atoms with van der Waals surface area (Å²) < 4.78 is 6.74. The van der Waals surface area contributed by atoms with E-state index in [2.05, 4.69) is 77.2 Å². The highest BCUT2D eigenvalue weighted by atomic mass is 16.5. The molecule has 2 N–H and O–H groups in total. The Hall–Kier alpha value is -3.67. The zero-order chi connectivity index (χ0) is 31.7. The van der Waals surface area contributed by atoms with E-state index in [1.54, 1.807) is 0 Å². The summed E-state index contributed by atoms with van der Waals surface area (Å²) in [6, 6.07) is 8.52. The van der Waals surface area contributed by atoms with E-state index in [9.17, 15) is 14.7 Å². The van der Waals surface area contributed by atoms with Crippen molar-refractivity contribution in [2.45, 2.75) is 98.6 Å². The predicted octanol–water partition coefficient (Wildman–Crippen LogP) is 7.54. The fourth-order valence-corrected chi connectivity index (χ4v) is 7.96. The largest absolute Gasteiger partial charge is 0.481 e. The van der Waals surface area contributed by atoms with Crippen LogP contribution in [0.3, 0.4) is 0 Å². The maximum Gasteiger partial charge on any atom is 0.307 e. The molecule has 3 atom stereocenters. The van der Waals surface area contributed by atoms with Crippen LogP contribution in [0.4, 0.5) is 5.69 Å². The summed E-state index contributed by atoms with van der Waals surface area (Å²) in [5.41, 5.74) is 7.08. The van der Waals surface area contributed by atoms with E-state index < -0.39 is 11.9 Å². The van der Waals surface area contributed by atoms with Crippen LogP contribution in [0.25, 0.3) is 16.7 Å². The standard InChI is InChI=1S/C38H46N2O4/c1-9-21-18-37(5,6)39-30-16-32-28(14-25(21)30)34(27-13-23(35(41)20(3)4)11-12-24(27)36(42)43)29-15-26-22(10-2)19-38(7,8)40-31(26)17-33(29)44-32/h14-20,23-24,27,39H,9-13H2,1-8H3,(H,42,43). The number of carboxylic acid groups (broad SMARTS) is 1. The molecule has 6 rings (SSSR count). The molecule has 3 aliphatic heterocycles. The Balaban J connectivity index is 1.66. The van der Waals surface area contributed by atoms with Gasteiger partial charge >= 0.3 is 5.97 Å². The lowest BCUT2D eigenvalue weighted by Crippen LogP contribution is -2.38. The van der Waals surface area contributed by atoms with Gasteiger partial charge in [0.15, 0.2) is 0 Å². The first-order valence-electron chi connectivity index (χ1n) is 16.3. The minimum absolute atomic E-state index is 0.0887. The molecule has 1 aliphatic carbocycles. The second-order valence-electron chi connectivity index (χ2n) is 14.6. The molecule has 0 aromatic heterocycles. The predicted molar refractivity (Wildman–Crippen MR) is 176 cm³/mol. The molecule has 1 saturated carbocycles. The Kier molecular flexibility index (Phi) is 7.41. The summed E-state index contributed by atoms with van der Waals surface area (Å²) in [4.78, 5) is 31.3. The number of fused-ring (bicyclic) bond motifs is 4. The van der Waals surface area contributed by atoms with Crippen molar-refractivity contribution in [2.24, 2.45) is 28.7 Å². The maximum atomic E-state index is 13.3. The van der Waals surface area contributed by atoms with Crippen LogP contribution in [0.2, 0.25) is 0 Å². The van der Waals surface area contributed by atoms with Crippen LogP contribution < -0.4 is 20.6 Å². The van der Waals surface area contributed by atoms with Gasteiger partial charge in [-0.25, -0.2) is 0 Å². The van der Waals surface area contributed by atoms with Gasteiger partial charge in [0, 0.05) is 51.6 Å². The van der Waals surface area contributed by atoms with Gasteiger partial charge in [0.2, 0.25) is 0 Å². The molecule has 0 spiro atoms. The number of Topliss-reactive ketones (excluding diaryl/α,β-unsaturated/α-hetero) is 1. The molecule has 0 radical (unpaired) electrons. The van der Waals surface area contributed by atoms with Crippen molar-refractivity contribution in [3.63, 3.8) is 0 Å². The Labute approximate surface area is 261 Å². The lowest BCUT2D eigenvalue weighted by molar-refractivity contribution is -0.145. The van der Waals surface area contributed by atoms with Crippen molar-refractivity contribution in [1.82, 2.24) is 0 Å². The number of aliphatic carboxylic acids is 1. The zero-order valence-electron chi connectivity index (χ0n) is 27.4. The van der Waals surface area contributed by atoms with Crippen LogP contribution in [0.1, 0.15) is 104 Å². The van der Waals surface area contributed by atoms with Crippen LogP contribution in [0.5, 0.6) is 11.5 Å². The number of hydrogen-bond acceptors (Lipinski definition) is 5. The number of benzene rings is 2. The number of anilines is 1. The van der Waals surface area contributed by atoms with Gasteiger partial charge in [-0.2, -0.15) is 0 Å². The van der Waals surface area contributed by atoms with E-state index in [1.165, 1.54) is 11.1 Å². The number of nitrogens with zero attached hydrogens (tertiary/aromatic N) is 1. The highest BCUT2D eigenvalue weighted by Crippen LogP contribution is 2.49. The molecule has 0 amide bonds. The third-order valence-electron chi connectivity index (χ3n) is 9.91. The third kappa shape index (κ3) is 5.20. The summed E-state index contributed by atoms with van der Waals surface area (Å²) in [5, 5.41) is 16.1. The Morgan fingerprint density at radius 1 is 0.955 bits per heavy atom. The third-order valence-corrected chi connectivity index (χ3v) is 9.91.